The minimum atomic E-state index is -0.454. The maximum Gasteiger partial charge on any atom is 0.407 e. The predicted molar refractivity (Wildman–Crippen MR) is 99.1 cm³/mol. The summed E-state index contributed by atoms with van der Waals surface area (Å²) in [5, 5.41) is 2.83. The molecule has 0 atom stereocenters. The van der Waals surface area contributed by atoms with Gasteiger partial charge < -0.3 is 10.1 Å². The Hall–Kier alpha value is -1.20. The highest BCUT2D eigenvalue weighted by molar-refractivity contribution is 7.98. The summed E-state index contributed by atoms with van der Waals surface area (Å²) in [4.78, 5) is 14.1. The summed E-state index contributed by atoms with van der Waals surface area (Å²) >= 11 is 1.84. The quantitative estimate of drug-likeness (QED) is 0.785. The summed E-state index contributed by atoms with van der Waals surface area (Å²) in [5.41, 5.74) is 2.13. The largest absolute Gasteiger partial charge is 0.444 e. The van der Waals surface area contributed by atoms with Gasteiger partial charge in [0.25, 0.3) is 0 Å². The van der Waals surface area contributed by atoms with Gasteiger partial charge in [0.2, 0.25) is 0 Å². The van der Waals surface area contributed by atoms with Gasteiger partial charge in [-0.1, -0.05) is 29.8 Å². The molecule has 5 heteroatoms. The average molecular weight is 339 g/mol. The Morgan fingerprint density at radius 1 is 1.30 bits per heavy atom. The molecule has 0 heterocycles. The van der Waals surface area contributed by atoms with E-state index in [9.17, 15) is 4.79 Å². The van der Waals surface area contributed by atoms with Crippen molar-refractivity contribution < 1.29 is 9.53 Å². The lowest BCUT2D eigenvalue weighted by Gasteiger charge is -2.23. The van der Waals surface area contributed by atoms with Crippen molar-refractivity contribution in [3.63, 3.8) is 0 Å². The van der Waals surface area contributed by atoms with Gasteiger partial charge in [-0.15, -0.1) is 0 Å². The molecule has 1 N–H and O–H groups in total. The molecule has 1 aromatic rings. The van der Waals surface area contributed by atoms with Crippen molar-refractivity contribution >= 4 is 17.9 Å². The Labute approximate surface area is 145 Å². The van der Waals surface area contributed by atoms with Crippen LogP contribution in [-0.4, -0.2) is 48.2 Å². The number of aryl methyl sites for hydroxylation is 1. The molecule has 0 saturated carbocycles. The third-order valence-corrected chi connectivity index (χ3v) is 3.79. The molecule has 0 unspecified atom stereocenters. The minimum absolute atomic E-state index is 0.349. The molecule has 4 nitrogen and oxygen atoms in total. The molecule has 1 aromatic carbocycles. The molecule has 1 amide bonds. The molecule has 23 heavy (non-hydrogen) atoms. The van der Waals surface area contributed by atoms with Gasteiger partial charge in [0, 0.05) is 31.9 Å². The number of amides is 1. The number of rotatable bonds is 8. The topological polar surface area (TPSA) is 41.6 Å². The summed E-state index contributed by atoms with van der Waals surface area (Å²) in [7, 11) is 0. The van der Waals surface area contributed by atoms with E-state index in [1.165, 1.54) is 11.1 Å². The van der Waals surface area contributed by atoms with Crippen LogP contribution in [0.4, 0.5) is 4.79 Å². The van der Waals surface area contributed by atoms with E-state index in [0.29, 0.717) is 6.54 Å². The second-order valence-electron chi connectivity index (χ2n) is 6.69. The smallest absolute Gasteiger partial charge is 0.407 e. The summed E-state index contributed by atoms with van der Waals surface area (Å²) in [5.74, 6) is 1.08. The van der Waals surface area contributed by atoms with Crippen LogP contribution in [0.25, 0.3) is 0 Å². The van der Waals surface area contributed by atoms with E-state index in [2.05, 4.69) is 47.7 Å². The number of ether oxygens (including phenoxy) is 1. The zero-order valence-electron chi connectivity index (χ0n) is 15.0. The first-order chi connectivity index (χ1) is 10.8. The third kappa shape index (κ3) is 9.51. The number of hydrogen-bond acceptors (Lipinski definition) is 4. The second-order valence-corrected chi connectivity index (χ2v) is 7.67. The van der Waals surface area contributed by atoms with Crippen LogP contribution in [0.3, 0.4) is 0 Å². The molecule has 0 aliphatic rings. The minimum Gasteiger partial charge on any atom is -0.444 e. The zero-order valence-corrected chi connectivity index (χ0v) is 15.8. The van der Waals surface area contributed by atoms with Gasteiger partial charge in [0.1, 0.15) is 5.60 Å². The molecule has 130 valence electrons. The second kappa shape index (κ2) is 9.83. The highest BCUT2D eigenvalue weighted by Gasteiger charge is 2.16. The van der Waals surface area contributed by atoms with E-state index in [1.807, 2.05) is 32.5 Å². The third-order valence-electron chi connectivity index (χ3n) is 3.20. The maximum absolute atomic E-state index is 11.7. The molecule has 1 rings (SSSR count). The van der Waals surface area contributed by atoms with Gasteiger partial charge >= 0.3 is 6.09 Å². The molecule has 0 radical (unpaired) electrons. The predicted octanol–water partition coefficient (Wildman–Crippen LogP) is 3.68. The fraction of sp³-hybridized carbons (Fsp3) is 0.611. The fourth-order valence-electron chi connectivity index (χ4n) is 2.19. The highest BCUT2D eigenvalue weighted by Crippen LogP contribution is 2.09. The van der Waals surface area contributed by atoms with Gasteiger partial charge in [0.05, 0.1) is 0 Å². The summed E-state index contributed by atoms with van der Waals surface area (Å²) < 4.78 is 5.26. The lowest BCUT2D eigenvalue weighted by atomic mass is 10.1. The van der Waals surface area contributed by atoms with E-state index in [-0.39, 0.29) is 6.09 Å². The Bertz CT molecular complexity index is 486. The fourth-order valence-corrected chi connectivity index (χ4v) is 2.63. The van der Waals surface area contributed by atoms with Crippen molar-refractivity contribution in [2.45, 2.75) is 39.8 Å². The van der Waals surface area contributed by atoms with E-state index in [1.54, 1.807) is 0 Å². The number of benzene rings is 1. The van der Waals surface area contributed by atoms with Crippen LogP contribution in [0.2, 0.25) is 0 Å². The molecular formula is C18H30N2O2S. The Morgan fingerprint density at radius 2 is 2.04 bits per heavy atom. The van der Waals surface area contributed by atoms with Crippen molar-refractivity contribution in [2.24, 2.45) is 0 Å². The van der Waals surface area contributed by atoms with Gasteiger partial charge in [-0.05, 0) is 39.5 Å². The first-order valence-electron chi connectivity index (χ1n) is 8.04. The number of carbonyl (C=O) groups excluding carboxylic acids is 1. The summed E-state index contributed by atoms with van der Waals surface area (Å²) in [6.45, 7) is 11.0. The first-order valence-corrected chi connectivity index (χ1v) is 9.43. The molecule has 0 aliphatic heterocycles. The van der Waals surface area contributed by atoms with Crippen LogP contribution in [0.5, 0.6) is 0 Å². The molecule has 0 bridgehead atoms. The molecule has 0 saturated heterocycles. The molecule has 0 aromatic heterocycles. The van der Waals surface area contributed by atoms with Crippen molar-refractivity contribution in [3.05, 3.63) is 35.4 Å². The van der Waals surface area contributed by atoms with Crippen molar-refractivity contribution in [2.75, 3.05) is 31.6 Å². The van der Waals surface area contributed by atoms with E-state index in [0.717, 1.165) is 25.4 Å². The number of thioether (sulfide) groups is 1. The van der Waals surface area contributed by atoms with Crippen molar-refractivity contribution in [3.8, 4) is 0 Å². The molecular weight excluding hydrogens is 308 g/mol. The van der Waals surface area contributed by atoms with Crippen LogP contribution in [-0.2, 0) is 11.3 Å². The molecule has 0 aliphatic carbocycles. The van der Waals surface area contributed by atoms with Crippen molar-refractivity contribution in [1.82, 2.24) is 10.2 Å². The van der Waals surface area contributed by atoms with Gasteiger partial charge in [-0.3, -0.25) is 4.90 Å². The first kappa shape index (κ1) is 19.8. The van der Waals surface area contributed by atoms with Crippen LogP contribution in [0.15, 0.2) is 24.3 Å². The number of alkyl carbamates (subject to hydrolysis) is 1. The van der Waals surface area contributed by atoms with E-state index >= 15 is 0 Å². The molecule has 0 spiro atoms. The highest BCUT2D eigenvalue weighted by atomic mass is 32.2. The van der Waals surface area contributed by atoms with Gasteiger partial charge in [-0.25, -0.2) is 4.79 Å². The number of nitrogens with one attached hydrogen (secondary N) is 1. The van der Waals surface area contributed by atoms with E-state index in [4.69, 9.17) is 4.74 Å². The van der Waals surface area contributed by atoms with Crippen LogP contribution in [0, 0.1) is 6.92 Å². The van der Waals surface area contributed by atoms with Gasteiger partial charge in [-0.2, -0.15) is 11.8 Å². The molecule has 0 fully saturated rings. The van der Waals surface area contributed by atoms with Gasteiger partial charge in [0.15, 0.2) is 0 Å². The summed E-state index contributed by atoms with van der Waals surface area (Å²) in [6, 6.07) is 8.57. The Kier molecular flexibility index (Phi) is 8.48. The van der Waals surface area contributed by atoms with Crippen LogP contribution >= 0.6 is 11.8 Å². The number of carbonyl (C=O) groups is 1. The Balaban J connectivity index is 2.46. The van der Waals surface area contributed by atoms with Crippen molar-refractivity contribution in [1.29, 1.82) is 0 Å². The Morgan fingerprint density at radius 3 is 2.65 bits per heavy atom. The van der Waals surface area contributed by atoms with E-state index < -0.39 is 5.60 Å². The van der Waals surface area contributed by atoms with Crippen LogP contribution < -0.4 is 5.32 Å². The average Bonchev–Trinajstić information content (AvgIpc) is 2.42. The lowest BCUT2D eigenvalue weighted by molar-refractivity contribution is 0.0522. The SMILES string of the molecule is CSCCN(CCNC(=O)OC(C)(C)C)Cc1cccc(C)c1. The van der Waals surface area contributed by atoms with Crippen LogP contribution in [0.1, 0.15) is 31.9 Å². The number of hydrogen-bond donors (Lipinski definition) is 1. The lowest BCUT2D eigenvalue weighted by Crippen LogP contribution is -2.38. The monoisotopic (exact) mass is 338 g/mol. The number of nitrogens with zero attached hydrogens (tertiary/aromatic N) is 1. The summed E-state index contributed by atoms with van der Waals surface area (Å²) in [6.07, 6.45) is 1.77. The zero-order chi connectivity index (χ0) is 17.3. The normalized spacial score (nSPS) is 11.6. The maximum atomic E-state index is 11.7. The standard InChI is InChI=1S/C18H30N2O2S/c1-15-7-6-8-16(13-15)14-20(11-12-23-5)10-9-19-17(21)22-18(2,3)4/h6-8,13H,9-12,14H2,1-5H3,(H,19,21).